The van der Waals surface area contributed by atoms with Crippen LogP contribution in [0.5, 0.6) is 0 Å². The number of hydrogen-bond donors (Lipinski definition) is 3. The maximum Gasteiger partial charge on any atom is 0.150 e. The first-order valence-electron chi connectivity index (χ1n) is 4.43. The summed E-state index contributed by atoms with van der Waals surface area (Å²) >= 11 is 5.70. The third-order valence-electron chi connectivity index (χ3n) is 1.75. The van der Waals surface area contributed by atoms with Crippen LogP contribution in [0.4, 0.5) is 11.5 Å². The van der Waals surface area contributed by atoms with Crippen molar-refractivity contribution in [2.75, 3.05) is 17.6 Å². The number of aromatic nitrogens is 1. The molecule has 4 N–H and O–H groups in total. The monoisotopic (exact) mass is 215 g/mol. The van der Waals surface area contributed by atoms with Crippen molar-refractivity contribution in [2.45, 2.75) is 19.4 Å². The lowest BCUT2D eigenvalue weighted by atomic mass is 10.3. The Kier molecular flexibility index (Phi) is 3.98. The normalized spacial score (nSPS) is 12.5. The molecule has 0 spiro atoms. The van der Waals surface area contributed by atoms with Gasteiger partial charge in [-0.2, -0.15) is 0 Å². The highest BCUT2D eigenvalue weighted by molar-refractivity contribution is 6.29. The predicted octanol–water partition coefficient (Wildman–Crippen LogP) is 1.50. The topological polar surface area (TPSA) is 71.2 Å². The molecule has 0 radical (unpaired) electrons. The number of nitrogen functional groups attached to an aromatic ring is 1. The van der Waals surface area contributed by atoms with Crippen molar-refractivity contribution in [3.8, 4) is 0 Å². The first kappa shape index (κ1) is 11.1. The number of nitrogens with zero attached hydrogens (tertiary/aromatic N) is 1. The molecule has 1 unspecified atom stereocenters. The van der Waals surface area contributed by atoms with Gasteiger partial charge >= 0.3 is 0 Å². The van der Waals surface area contributed by atoms with Crippen LogP contribution in [0.1, 0.15) is 13.3 Å². The summed E-state index contributed by atoms with van der Waals surface area (Å²) in [7, 11) is 0. The number of nitrogens with one attached hydrogen (secondary N) is 1. The zero-order valence-corrected chi connectivity index (χ0v) is 8.75. The van der Waals surface area contributed by atoms with Gasteiger partial charge < -0.3 is 16.2 Å². The van der Waals surface area contributed by atoms with E-state index in [-0.39, 0.29) is 6.10 Å². The van der Waals surface area contributed by atoms with Gasteiger partial charge in [-0.05, 0) is 25.5 Å². The van der Waals surface area contributed by atoms with Gasteiger partial charge in [0.15, 0.2) is 5.82 Å². The van der Waals surface area contributed by atoms with Crippen molar-refractivity contribution in [1.29, 1.82) is 0 Å². The fraction of sp³-hybridized carbons (Fsp3) is 0.444. The quantitative estimate of drug-likeness (QED) is 0.666. The van der Waals surface area contributed by atoms with Crippen molar-refractivity contribution in [3.05, 3.63) is 17.3 Å². The van der Waals surface area contributed by atoms with Gasteiger partial charge in [-0.3, -0.25) is 0 Å². The van der Waals surface area contributed by atoms with Crippen LogP contribution in [0.25, 0.3) is 0 Å². The van der Waals surface area contributed by atoms with Crippen molar-refractivity contribution in [2.24, 2.45) is 0 Å². The van der Waals surface area contributed by atoms with Crippen LogP contribution in [0.3, 0.4) is 0 Å². The number of aliphatic hydroxyl groups excluding tert-OH is 1. The lowest BCUT2D eigenvalue weighted by Gasteiger charge is -2.09. The summed E-state index contributed by atoms with van der Waals surface area (Å²) < 4.78 is 0. The van der Waals surface area contributed by atoms with Crippen LogP contribution in [0.2, 0.25) is 5.15 Å². The summed E-state index contributed by atoms with van der Waals surface area (Å²) in [6.07, 6.45) is 0.316. The molecule has 14 heavy (non-hydrogen) atoms. The summed E-state index contributed by atoms with van der Waals surface area (Å²) in [4.78, 5) is 4.02. The van der Waals surface area contributed by atoms with Crippen LogP contribution < -0.4 is 11.1 Å². The van der Waals surface area contributed by atoms with Crippen molar-refractivity contribution in [3.63, 3.8) is 0 Å². The Morgan fingerprint density at radius 3 is 3.00 bits per heavy atom. The third kappa shape index (κ3) is 3.40. The minimum Gasteiger partial charge on any atom is -0.396 e. The number of halogens is 1. The molecular formula is C9H14ClN3O. The molecule has 0 saturated carbocycles. The predicted molar refractivity (Wildman–Crippen MR) is 58.4 cm³/mol. The maximum atomic E-state index is 9.04. The van der Waals surface area contributed by atoms with E-state index in [4.69, 9.17) is 22.4 Å². The average Bonchev–Trinajstić information content (AvgIpc) is 2.10. The molecule has 4 nitrogen and oxygen atoms in total. The SMILES string of the molecule is CC(O)CCNc1nc(Cl)ccc1N. The van der Waals surface area contributed by atoms with Gasteiger partial charge in [0.05, 0.1) is 11.8 Å². The fourth-order valence-electron chi connectivity index (χ4n) is 0.987. The summed E-state index contributed by atoms with van der Waals surface area (Å²) in [5, 5.41) is 12.4. The smallest absolute Gasteiger partial charge is 0.150 e. The minimum atomic E-state index is -0.331. The van der Waals surface area contributed by atoms with E-state index in [0.717, 1.165) is 0 Å². The molecule has 1 aromatic heterocycles. The first-order chi connectivity index (χ1) is 6.59. The molecule has 0 aliphatic rings. The summed E-state index contributed by atoms with van der Waals surface area (Å²) in [6, 6.07) is 3.33. The summed E-state index contributed by atoms with van der Waals surface area (Å²) in [5.74, 6) is 0.568. The second-order valence-corrected chi connectivity index (χ2v) is 3.52. The third-order valence-corrected chi connectivity index (χ3v) is 1.96. The van der Waals surface area contributed by atoms with E-state index < -0.39 is 0 Å². The van der Waals surface area contributed by atoms with Crippen molar-refractivity contribution >= 4 is 23.1 Å². The Balaban J connectivity index is 2.53. The van der Waals surface area contributed by atoms with Crippen LogP contribution in [-0.4, -0.2) is 22.7 Å². The van der Waals surface area contributed by atoms with E-state index in [2.05, 4.69) is 10.3 Å². The van der Waals surface area contributed by atoms with Crippen molar-refractivity contribution in [1.82, 2.24) is 4.98 Å². The highest BCUT2D eigenvalue weighted by atomic mass is 35.5. The van der Waals surface area contributed by atoms with E-state index in [9.17, 15) is 0 Å². The molecule has 0 saturated heterocycles. The number of pyridine rings is 1. The zero-order valence-electron chi connectivity index (χ0n) is 8.00. The molecule has 5 heteroatoms. The van der Waals surface area contributed by atoms with Crippen LogP contribution in [-0.2, 0) is 0 Å². The Morgan fingerprint density at radius 1 is 1.64 bits per heavy atom. The molecule has 0 bridgehead atoms. The summed E-state index contributed by atoms with van der Waals surface area (Å²) in [5.41, 5.74) is 6.22. The molecule has 1 heterocycles. The van der Waals surface area contributed by atoms with Gasteiger partial charge in [0, 0.05) is 6.54 Å². The first-order valence-corrected chi connectivity index (χ1v) is 4.81. The highest BCUT2D eigenvalue weighted by Crippen LogP contribution is 2.18. The van der Waals surface area contributed by atoms with E-state index >= 15 is 0 Å². The number of hydrogen-bond acceptors (Lipinski definition) is 4. The number of anilines is 2. The fourth-order valence-corrected chi connectivity index (χ4v) is 1.13. The molecule has 0 amide bonds. The Labute approximate surface area is 88.1 Å². The van der Waals surface area contributed by atoms with Crippen LogP contribution in [0.15, 0.2) is 12.1 Å². The molecule has 0 aromatic carbocycles. The van der Waals surface area contributed by atoms with E-state index in [0.29, 0.717) is 29.6 Å². The van der Waals surface area contributed by atoms with E-state index in [1.807, 2.05) is 0 Å². The lowest BCUT2D eigenvalue weighted by molar-refractivity contribution is 0.188. The Morgan fingerprint density at radius 2 is 2.36 bits per heavy atom. The van der Waals surface area contributed by atoms with E-state index in [1.54, 1.807) is 19.1 Å². The van der Waals surface area contributed by atoms with Crippen molar-refractivity contribution < 1.29 is 5.11 Å². The number of nitrogens with two attached hydrogens (primary N) is 1. The maximum absolute atomic E-state index is 9.04. The standard InChI is InChI=1S/C9H14ClN3O/c1-6(14)4-5-12-9-7(11)2-3-8(10)13-9/h2-3,6,14H,4-5,11H2,1H3,(H,12,13). The molecule has 0 fully saturated rings. The Bertz CT molecular complexity index is 304. The molecule has 78 valence electrons. The second kappa shape index (κ2) is 5.02. The highest BCUT2D eigenvalue weighted by Gasteiger charge is 2.01. The van der Waals surface area contributed by atoms with Gasteiger partial charge in [-0.1, -0.05) is 11.6 Å². The molecule has 1 atom stereocenters. The van der Waals surface area contributed by atoms with E-state index in [1.165, 1.54) is 0 Å². The molecule has 0 aliphatic carbocycles. The lowest BCUT2D eigenvalue weighted by Crippen LogP contribution is -2.11. The molecule has 0 aliphatic heterocycles. The molecule has 1 aromatic rings. The van der Waals surface area contributed by atoms with Gasteiger partial charge in [-0.15, -0.1) is 0 Å². The van der Waals surface area contributed by atoms with Crippen LogP contribution in [0, 0.1) is 0 Å². The summed E-state index contributed by atoms with van der Waals surface area (Å²) in [6.45, 7) is 2.35. The number of aliphatic hydroxyl groups is 1. The Hall–Kier alpha value is -1.00. The second-order valence-electron chi connectivity index (χ2n) is 3.14. The van der Waals surface area contributed by atoms with Gasteiger partial charge in [0.2, 0.25) is 0 Å². The van der Waals surface area contributed by atoms with Crippen LogP contribution >= 0.6 is 11.6 Å². The zero-order chi connectivity index (χ0) is 10.6. The molecule has 1 rings (SSSR count). The average molecular weight is 216 g/mol. The van der Waals surface area contributed by atoms with Gasteiger partial charge in [0.1, 0.15) is 5.15 Å². The minimum absolute atomic E-state index is 0.331. The number of rotatable bonds is 4. The van der Waals surface area contributed by atoms with Gasteiger partial charge in [-0.25, -0.2) is 4.98 Å². The molecular weight excluding hydrogens is 202 g/mol. The van der Waals surface area contributed by atoms with Gasteiger partial charge in [0.25, 0.3) is 0 Å². The largest absolute Gasteiger partial charge is 0.396 e.